The second kappa shape index (κ2) is 8.60. The Hall–Kier alpha value is -2.94. The zero-order chi connectivity index (χ0) is 21.0. The normalized spacial score (nSPS) is 14.6. The van der Waals surface area contributed by atoms with Gasteiger partial charge in [0, 0.05) is 43.9 Å². The molecule has 1 saturated heterocycles. The number of benzene rings is 2. The molecule has 0 unspecified atom stereocenters. The van der Waals surface area contributed by atoms with Gasteiger partial charge in [-0.05, 0) is 48.5 Å². The maximum atomic E-state index is 13.0. The molecule has 0 bridgehead atoms. The molecule has 9 heteroatoms. The number of hydrogen-bond donors (Lipinski definition) is 1. The molecule has 1 aliphatic rings. The highest BCUT2D eigenvalue weighted by Gasteiger charge is 2.24. The van der Waals surface area contributed by atoms with Gasteiger partial charge in [-0.1, -0.05) is 6.92 Å². The monoisotopic (exact) mass is 419 g/mol. The van der Waals surface area contributed by atoms with Gasteiger partial charge in [0.1, 0.15) is 5.82 Å². The van der Waals surface area contributed by atoms with Crippen LogP contribution >= 0.6 is 0 Å². The van der Waals surface area contributed by atoms with Gasteiger partial charge >= 0.3 is 0 Å². The van der Waals surface area contributed by atoms with Gasteiger partial charge in [0.05, 0.1) is 4.90 Å². The lowest BCUT2D eigenvalue weighted by Crippen LogP contribution is -2.50. The molecule has 0 radical (unpaired) electrons. The van der Waals surface area contributed by atoms with Crippen molar-refractivity contribution in [1.82, 2.24) is 9.80 Å². The first-order valence-corrected chi connectivity index (χ1v) is 10.7. The smallest absolute Gasteiger partial charge is 0.261 e. The van der Waals surface area contributed by atoms with E-state index in [0.717, 1.165) is 12.1 Å². The zero-order valence-electron chi connectivity index (χ0n) is 16.0. The molecule has 1 N–H and O–H groups in total. The number of sulfonamides is 1. The quantitative estimate of drug-likeness (QED) is 0.806. The van der Waals surface area contributed by atoms with E-state index in [-0.39, 0.29) is 16.7 Å². The van der Waals surface area contributed by atoms with Crippen LogP contribution in [-0.4, -0.2) is 56.2 Å². The third-order valence-electron chi connectivity index (χ3n) is 4.73. The molecular weight excluding hydrogens is 397 g/mol. The second-order valence-electron chi connectivity index (χ2n) is 6.66. The number of anilines is 1. The van der Waals surface area contributed by atoms with Gasteiger partial charge in [0.2, 0.25) is 5.91 Å². The van der Waals surface area contributed by atoms with Crippen LogP contribution in [0.2, 0.25) is 0 Å². The predicted octanol–water partition coefficient (Wildman–Crippen LogP) is 2.32. The van der Waals surface area contributed by atoms with Gasteiger partial charge in [0.15, 0.2) is 0 Å². The average molecular weight is 419 g/mol. The average Bonchev–Trinajstić information content (AvgIpc) is 2.73. The Morgan fingerprint density at radius 1 is 0.931 bits per heavy atom. The number of carbonyl (C=O) groups excluding carboxylic acids is 2. The summed E-state index contributed by atoms with van der Waals surface area (Å²) in [6.45, 7) is 3.75. The second-order valence-corrected chi connectivity index (χ2v) is 8.35. The molecular formula is C20H22FN3O4S. The topological polar surface area (TPSA) is 86.8 Å². The predicted molar refractivity (Wildman–Crippen MR) is 106 cm³/mol. The van der Waals surface area contributed by atoms with E-state index >= 15 is 0 Å². The fourth-order valence-electron chi connectivity index (χ4n) is 3.07. The van der Waals surface area contributed by atoms with Crippen molar-refractivity contribution in [2.24, 2.45) is 0 Å². The molecule has 1 aliphatic heterocycles. The van der Waals surface area contributed by atoms with E-state index in [1.54, 1.807) is 21.9 Å². The first kappa shape index (κ1) is 20.8. The summed E-state index contributed by atoms with van der Waals surface area (Å²) in [7, 11) is -3.85. The number of nitrogens with zero attached hydrogens (tertiary/aromatic N) is 2. The molecule has 7 nitrogen and oxygen atoms in total. The van der Waals surface area contributed by atoms with Crippen molar-refractivity contribution in [3.05, 3.63) is 59.9 Å². The molecule has 0 spiro atoms. The molecule has 2 amide bonds. The summed E-state index contributed by atoms with van der Waals surface area (Å²) in [5.41, 5.74) is 0.731. The molecule has 2 aromatic carbocycles. The highest BCUT2D eigenvalue weighted by molar-refractivity contribution is 7.92. The van der Waals surface area contributed by atoms with Gasteiger partial charge in [-0.2, -0.15) is 0 Å². The molecule has 154 valence electrons. The Morgan fingerprint density at radius 3 is 2.03 bits per heavy atom. The highest BCUT2D eigenvalue weighted by Crippen LogP contribution is 2.18. The highest BCUT2D eigenvalue weighted by atomic mass is 32.2. The Bertz CT molecular complexity index is 983. The van der Waals surface area contributed by atoms with Crippen molar-refractivity contribution in [1.29, 1.82) is 0 Å². The number of halogens is 1. The van der Waals surface area contributed by atoms with Crippen molar-refractivity contribution in [2.45, 2.75) is 18.2 Å². The summed E-state index contributed by atoms with van der Waals surface area (Å²) in [6.07, 6.45) is 0.448. The van der Waals surface area contributed by atoms with Crippen LogP contribution in [-0.2, 0) is 14.8 Å². The number of amides is 2. The molecule has 2 aromatic rings. The third kappa shape index (κ3) is 4.92. The van der Waals surface area contributed by atoms with E-state index in [1.807, 2.05) is 6.92 Å². The summed E-state index contributed by atoms with van der Waals surface area (Å²) in [5, 5.41) is 0. The van der Waals surface area contributed by atoms with Gasteiger partial charge < -0.3 is 9.80 Å². The molecule has 1 heterocycles. The Labute approximate surface area is 169 Å². The fraction of sp³-hybridized carbons (Fsp3) is 0.300. The lowest BCUT2D eigenvalue weighted by Gasteiger charge is -2.34. The van der Waals surface area contributed by atoms with E-state index in [2.05, 4.69) is 4.72 Å². The molecule has 29 heavy (non-hydrogen) atoms. The molecule has 0 aliphatic carbocycles. The Balaban J connectivity index is 1.63. The number of nitrogens with one attached hydrogen (secondary N) is 1. The van der Waals surface area contributed by atoms with Crippen molar-refractivity contribution in [3.63, 3.8) is 0 Å². The van der Waals surface area contributed by atoms with E-state index < -0.39 is 15.8 Å². The minimum absolute atomic E-state index is 0.0569. The van der Waals surface area contributed by atoms with E-state index in [1.165, 1.54) is 24.3 Å². The van der Waals surface area contributed by atoms with Crippen LogP contribution in [0.4, 0.5) is 10.1 Å². The molecule has 0 aromatic heterocycles. The van der Waals surface area contributed by atoms with Crippen LogP contribution < -0.4 is 4.72 Å². The Morgan fingerprint density at radius 2 is 1.48 bits per heavy atom. The van der Waals surface area contributed by atoms with E-state index in [9.17, 15) is 22.4 Å². The third-order valence-corrected chi connectivity index (χ3v) is 6.13. The van der Waals surface area contributed by atoms with Crippen LogP contribution in [0.5, 0.6) is 0 Å². The maximum Gasteiger partial charge on any atom is 0.261 e. The summed E-state index contributed by atoms with van der Waals surface area (Å²) in [4.78, 5) is 27.7. The SMILES string of the molecule is CCC(=O)N1CCN(C(=O)c2ccc(NS(=O)(=O)c3ccc(F)cc3)cc2)CC1. The van der Waals surface area contributed by atoms with E-state index in [4.69, 9.17) is 0 Å². The van der Waals surface area contributed by atoms with Crippen LogP contribution in [0, 0.1) is 5.82 Å². The number of carbonyl (C=O) groups is 2. The maximum absolute atomic E-state index is 13.0. The first-order valence-electron chi connectivity index (χ1n) is 9.25. The van der Waals surface area contributed by atoms with Crippen molar-refractivity contribution in [3.8, 4) is 0 Å². The Kier molecular flexibility index (Phi) is 6.17. The van der Waals surface area contributed by atoms with Gasteiger partial charge in [-0.15, -0.1) is 0 Å². The lowest BCUT2D eigenvalue weighted by atomic mass is 10.1. The molecule has 3 rings (SSSR count). The van der Waals surface area contributed by atoms with Crippen LogP contribution in [0.1, 0.15) is 23.7 Å². The summed E-state index contributed by atoms with van der Waals surface area (Å²) < 4.78 is 40.1. The standard InChI is InChI=1S/C20H22FN3O4S/c1-2-19(25)23-11-13-24(14-12-23)20(26)15-3-7-17(8-4-15)22-29(27,28)18-9-5-16(21)6-10-18/h3-10,22H,2,11-14H2,1H3. The molecule has 0 atom stereocenters. The van der Waals surface area contributed by atoms with Gasteiger partial charge in [0.25, 0.3) is 15.9 Å². The zero-order valence-corrected chi connectivity index (χ0v) is 16.8. The number of rotatable bonds is 5. The van der Waals surface area contributed by atoms with Gasteiger partial charge in [-0.3, -0.25) is 14.3 Å². The van der Waals surface area contributed by atoms with Crippen LogP contribution in [0.3, 0.4) is 0 Å². The first-order chi connectivity index (χ1) is 13.8. The summed E-state index contributed by atoms with van der Waals surface area (Å²) in [5.74, 6) is -0.608. The van der Waals surface area contributed by atoms with E-state index in [0.29, 0.717) is 43.9 Å². The molecule has 1 fully saturated rings. The van der Waals surface area contributed by atoms with Crippen molar-refractivity contribution < 1.29 is 22.4 Å². The van der Waals surface area contributed by atoms with Crippen LogP contribution in [0.15, 0.2) is 53.4 Å². The minimum atomic E-state index is -3.85. The number of piperazine rings is 1. The molecule has 0 saturated carbocycles. The van der Waals surface area contributed by atoms with Crippen molar-refractivity contribution in [2.75, 3.05) is 30.9 Å². The largest absolute Gasteiger partial charge is 0.339 e. The summed E-state index contributed by atoms with van der Waals surface area (Å²) >= 11 is 0. The minimum Gasteiger partial charge on any atom is -0.339 e. The summed E-state index contributed by atoms with van der Waals surface area (Å²) in [6, 6.07) is 10.6. The van der Waals surface area contributed by atoms with Crippen LogP contribution in [0.25, 0.3) is 0 Å². The van der Waals surface area contributed by atoms with Gasteiger partial charge in [-0.25, -0.2) is 12.8 Å². The lowest BCUT2D eigenvalue weighted by molar-refractivity contribution is -0.132. The van der Waals surface area contributed by atoms with Crippen molar-refractivity contribution >= 4 is 27.5 Å². The fourth-order valence-corrected chi connectivity index (χ4v) is 4.13. The number of hydrogen-bond acceptors (Lipinski definition) is 4.